The van der Waals surface area contributed by atoms with Crippen molar-refractivity contribution >= 4 is 29.3 Å². The number of H-pyrrole nitrogens is 1. The van der Waals surface area contributed by atoms with Crippen LogP contribution in [0.4, 0.5) is 35.0 Å². The summed E-state index contributed by atoms with van der Waals surface area (Å²) >= 11 is 0. The number of anilines is 3. The van der Waals surface area contributed by atoms with Crippen molar-refractivity contribution in [2.24, 2.45) is 5.73 Å². The largest absolute Gasteiger partial charge is 0.451 e. The highest BCUT2D eigenvalue weighted by Crippen LogP contribution is 2.36. The Morgan fingerprint density at radius 3 is 2.62 bits per heavy atom. The summed E-state index contributed by atoms with van der Waals surface area (Å²) in [4.78, 5) is 28.2. The van der Waals surface area contributed by atoms with Crippen LogP contribution in [0.1, 0.15) is 37.7 Å². The number of benzene rings is 2. The van der Waals surface area contributed by atoms with Crippen molar-refractivity contribution in [3.8, 4) is 11.3 Å². The Morgan fingerprint density at radius 1 is 1.16 bits per heavy atom. The lowest BCUT2D eigenvalue weighted by atomic mass is 9.99. The minimum atomic E-state index is -4.78. The van der Waals surface area contributed by atoms with Gasteiger partial charge in [0, 0.05) is 23.4 Å². The van der Waals surface area contributed by atoms with E-state index < -0.39 is 35.6 Å². The van der Waals surface area contributed by atoms with Gasteiger partial charge in [-0.25, -0.2) is 9.07 Å². The summed E-state index contributed by atoms with van der Waals surface area (Å²) in [6, 6.07) is 10.0. The van der Waals surface area contributed by atoms with Gasteiger partial charge in [-0.05, 0) is 42.7 Å². The summed E-state index contributed by atoms with van der Waals surface area (Å²) in [5, 5.41) is 14.7. The van der Waals surface area contributed by atoms with Gasteiger partial charge in [0.15, 0.2) is 0 Å². The molecule has 0 spiro atoms. The highest BCUT2D eigenvalue weighted by molar-refractivity contribution is 6.06. The van der Waals surface area contributed by atoms with E-state index in [1.54, 1.807) is 5.10 Å². The van der Waals surface area contributed by atoms with E-state index >= 15 is 4.39 Å². The van der Waals surface area contributed by atoms with Gasteiger partial charge in [0.1, 0.15) is 22.9 Å². The predicted molar refractivity (Wildman–Crippen MR) is 124 cm³/mol. The molecule has 14 heteroatoms. The standard InChI is InChI=1S/C23H18F4N8O2/c1-10-12(20(37)30-22-31-21(32-33-22)23(25,26)27)6-7-13(16(10)24)17-15(18(28)36)19-29-14-5-3-2-4-11(14)8-9-35(19)34-17/h2-7,29H,8-9H2,1H3,(H2,28,36)(H2,30,31,32,33,37). The van der Waals surface area contributed by atoms with Crippen molar-refractivity contribution in [1.82, 2.24) is 25.0 Å². The fraction of sp³-hybridized carbons (Fsp3) is 0.174. The molecule has 5 rings (SSSR count). The first-order chi connectivity index (χ1) is 17.5. The Labute approximate surface area is 205 Å². The quantitative estimate of drug-likeness (QED) is 0.305. The zero-order chi connectivity index (χ0) is 26.5. The molecule has 0 aliphatic carbocycles. The monoisotopic (exact) mass is 514 g/mol. The first-order valence-corrected chi connectivity index (χ1v) is 10.9. The minimum absolute atomic E-state index is 0.00859. The summed E-state index contributed by atoms with van der Waals surface area (Å²) in [5.74, 6) is -4.31. The zero-order valence-electron chi connectivity index (χ0n) is 19.1. The number of carbonyl (C=O) groups is 2. The number of primary amides is 1. The number of amides is 2. The molecular formula is C23H18F4N8O2. The van der Waals surface area contributed by atoms with Crippen LogP contribution in [0.5, 0.6) is 0 Å². The lowest BCUT2D eigenvalue weighted by molar-refractivity contribution is -0.144. The molecule has 2 aromatic heterocycles. The van der Waals surface area contributed by atoms with Crippen LogP contribution in [0.2, 0.25) is 0 Å². The van der Waals surface area contributed by atoms with Crippen molar-refractivity contribution in [2.45, 2.75) is 26.1 Å². The van der Waals surface area contributed by atoms with E-state index in [1.165, 1.54) is 23.7 Å². The molecule has 2 amide bonds. The summed E-state index contributed by atoms with van der Waals surface area (Å²) < 4.78 is 55.2. The van der Waals surface area contributed by atoms with Crippen LogP contribution < -0.4 is 16.4 Å². The zero-order valence-corrected chi connectivity index (χ0v) is 19.1. The van der Waals surface area contributed by atoms with Gasteiger partial charge in [0.05, 0.1) is 0 Å². The number of aromatic amines is 1. The molecule has 0 bridgehead atoms. The number of aromatic nitrogens is 5. The van der Waals surface area contributed by atoms with Crippen LogP contribution in [0.15, 0.2) is 36.4 Å². The Balaban J connectivity index is 1.50. The number of nitrogens with zero attached hydrogens (tertiary/aromatic N) is 4. The summed E-state index contributed by atoms with van der Waals surface area (Å²) in [6.07, 6.45) is -4.18. The lowest BCUT2D eigenvalue weighted by Gasteiger charge is -2.11. The molecule has 5 N–H and O–H groups in total. The van der Waals surface area contributed by atoms with Gasteiger partial charge in [-0.1, -0.05) is 18.2 Å². The van der Waals surface area contributed by atoms with Gasteiger partial charge >= 0.3 is 6.18 Å². The molecule has 0 saturated heterocycles. The summed E-state index contributed by atoms with van der Waals surface area (Å²) in [5.41, 5.74) is 7.03. The molecule has 0 atom stereocenters. The number of alkyl halides is 3. The van der Waals surface area contributed by atoms with Crippen molar-refractivity contribution < 1.29 is 27.2 Å². The molecule has 1 aliphatic rings. The van der Waals surface area contributed by atoms with Crippen LogP contribution in [0.3, 0.4) is 0 Å². The molecule has 1 aliphatic heterocycles. The van der Waals surface area contributed by atoms with Gasteiger partial charge in [-0.15, -0.1) is 5.10 Å². The second-order valence-electron chi connectivity index (χ2n) is 8.25. The fourth-order valence-corrected chi connectivity index (χ4v) is 4.11. The smallest absolute Gasteiger partial charge is 0.365 e. The molecule has 2 aromatic carbocycles. The van der Waals surface area contributed by atoms with E-state index in [9.17, 15) is 22.8 Å². The molecule has 4 aromatic rings. The van der Waals surface area contributed by atoms with E-state index in [-0.39, 0.29) is 27.9 Å². The topological polar surface area (TPSA) is 144 Å². The second-order valence-corrected chi connectivity index (χ2v) is 8.25. The third kappa shape index (κ3) is 4.26. The fourth-order valence-electron chi connectivity index (χ4n) is 4.11. The SMILES string of the molecule is Cc1c(C(=O)Nc2n[nH]c(C(F)(F)F)n2)ccc(-c2nn3c(c2C(N)=O)Nc2ccccc2CC3)c1F. The third-order valence-corrected chi connectivity index (χ3v) is 5.93. The predicted octanol–water partition coefficient (Wildman–Crippen LogP) is 3.79. The van der Waals surface area contributed by atoms with E-state index in [0.717, 1.165) is 11.3 Å². The maximum Gasteiger partial charge on any atom is 0.451 e. The molecule has 3 heterocycles. The van der Waals surface area contributed by atoms with Gasteiger partial charge in [0.25, 0.3) is 11.8 Å². The number of carbonyl (C=O) groups excluding carboxylic acids is 2. The van der Waals surface area contributed by atoms with Crippen LogP contribution in [0, 0.1) is 12.7 Å². The van der Waals surface area contributed by atoms with Crippen LogP contribution in [0.25, 0.3) is 11.3 Å². The van der Waals surface area contributed by atoms with E-state index in [1.807, 2.05) is 24.3 Å². The van der Waals surface area contributed by atoms with Gasteiger partial charge in [0.2, 0.25) is 11.8 Å². The highest BCUT2D eigenvalue weighted by atomic mass is 19.4. The molecule has 0 fully saturated rings. The number of para-hydroxylation sites is 1. The first-order valence-electron chi connectivity index (χ1n) is 10.9. The summed E-state index contributed by atoms with van der Waals surface area (Å²) in [7, 11) is 0. The molecule has 0 unspecified atom stereocenters. The second kappa shape index (κ2) is 8.72. The highest BCUT2D eigenvalue weighted by Gasteiger charge is 2.35. The maximum atomic E-state index is 15.5. The maximum absolute atomic E-state index is 15.5. The Kier molecular flexibility index (Phi) is 5.65. The number of nitrogens with two attached hydrogens (primary N) is 1. The van der Waals surface area contributed by atoms with E-state index in [0.29, 0.717) is 18.8 Å². The van der Waals surface area contributed by atoms with Crippen LogP contribution in [-0.4, -0.2) is 36.8 Å². The summed E-state index contributed by atoms with van der Waals surface area (Å²) in [6.45, 7) is 1.71. The Morgan fingerprint density at radius 2 is 1.92 bits per heavy atom. The van der Waals surface area contributed by atoms with E-state index in [2.05, 4.69) is 25.8 Å². The number of fused-ring (bicyclic) bond motifs is 2. The first kappa shape index (κ1) is 24.0. The van der Waals surface area contributed by atoms with Crippen LogP contribution in [-0.2, 0) is 19.1 Å². The van der Waals surface area contributed by atoms with E-state index in [4.69, 9.17) is 5.73 Å². The van der Waals surface area contributed by atoms with Gasteiger partial charge in [-0.3, -0.25) is 20.0 Å². The number of nitrogens with one attached hydrogen (secondary N) is 3. The molecule has 0 saturated carbocycles. The van der Waals surface area contributed by atoms with Crippen molar-refractivity contribution in [3.05, 3.63) is 70.3 Å². The average molecular weight is 514 g/mol. The number of hydrogen-bond donors (Lipinski definition) is 4. The van der Waals surface area contributed by atoms with Crippen molar-refractivity contribution in [1.29, 1.82) is 0 Å². The number of aryl methyl sites for hydroxylation is 2. The molecule has 37 heavy (non-hydrogen) atoms. The van der Waals surface area contributed by atoms with Gasteiger partial charge < -0.3 is 11.1 Å². The molecular weight excluding hydrogens is 496 g/mol. The van der Waals surface area contributed by atoms with Crippen LogP contribution >= 0.6 is 0 Å². The molecule has 10 nitrogen and oxygen atoms in total. The van der Waals surface area contributed by atoms with Crippen molar-refractivity contribution in [3.63, 3.8) is 0 Å². The minimum Gasteiger partial charge on any atom is -0.365 e. The number of halogens is 4. The molecule has 190 valence electrons. The average Bonchev–Trinajstić information content (AvgIpc) is 3.41. The Bertz CT molecular complexity index is 1560. The normalized spacial score (nSPS) is 12.8. The third-order valence-electron chi connectivity index (χ3n) is 5.93. The Hall–Kier alpha value is -4.75. The van der Waals surface area contributed by atoms with Crippen molar-refractivity contribution in [2.75, 3.05) is 10.6 Å². The number of hydrogen-bond acceptors (Lipinski definition) is 6. The van der Waals surface area contributed by atoms with Gasteiger partial charge in [-0.2, -0.15) is 23.3 Å². The lowest BCUT2D eigenvalue weighted by Crippen LogP contribution is -2.16. The number of rotatable bonds is 4. The molecule has 0 radical (unpaired) electrons.